The molecule has 0 unspecified atom stereocenters. The van der Waals surface area contributed by atoms with Gasteiger partial charge in [-0.05, 0) is 34.1 Å². The molecule has 1 aromatic heterocycles. The van der Waals surface area contributed by atoms with Crippen LogP contribution in [0, 0.1) is 0 Å². The van der Waals surface area contributed by atoms with Crippen LogP contribution in [0.4, 0.5) is 0 Å². The van der Waals surface area contributed by atoms with Crippen LogP contribution in [0.15, 0.2) is 33.5 Å². The van der Waals surface area contributed by atoms with Crippen molar-refractivity contribution in [2.45, 2.75) is 13.3 Å². The quantitative estimate of drug-likeness (QED) is 0.893. The maximum Gasteiger partial charge on any atom is 0.335 e. The Morgan fingerprint density at radius 2 is 2.20 bits per heavy atom. The first kappa shape index (κ1) is 14.3. The SMILES string of the molecule is CCc1nc(Oc2cc(C(=O)O)ccc2Br)cc(=O)[nH]1. The van der Waals surface area contributed by atoms with Crippen molar-refractivity contribution >= 4 is 21.9 Å². The summed E-state index contributed by atoms with van der Waals surface area (Å²) in [5.41, 5.74) is -0.235. The number of carbonyl (C=O) groups is 1. The van der Waals surface area contributed by atoms with Gasteiger partial charge in [0.05, 0.1) is 16.1 Å². The average Bonchev–Trinajstić information content (AvgIpc) is 2.40. The van der Waals surface area contributed by atoms with Gasteiger partial charge in [-0.1, -0.05) is 6.92 Å². The molecule has 0 spiro atoms. The molecule has 1 aromatic carbocycles. The topological polar surface area (TPSA) is 92.3 Å². The van der Waals surface area contributed by atoms with Crippen molar-refractivity contribution in [3.05, 3.63) is 50.5 Å². The van der Waals surface area contributed by atoms with Crippen molar-refractivity contribution < 1.29 is 14.6 Å². The third-order valence-electron chi connectivity index (χ3n) is 2.49. The minimum atomic E-state index is -1.06. The van der Waals surface area contributed by atoms with Crippen LogP contribution in [0.1, 0.15) is 23.1 Å². The number of carboxylic acid groups (broad SMARTS) is 1. The second-order valence-corrected chi connectivity index (χ2v) is 4.79. The molecule has 0 aliphatic rings. The zero-order chi connectivity index (χ0) is 14.7. The van der Waals surface area contributed by atoms with Gasteiger partial charge in [0, 0.05) is 6.42 Å². The molecule has 0 saturated heterocycles. The van der Waals surface area contributed by atoms with Crippen molar-refractivity contribution in [1.29, 1.82) is 0 Å². The van der Waals surface area contributed by atoms with Gasteiger partial charge >= 0.3 is 5.97 Å². The van der Waals surface area contributed by atoms with E-state index in [2.05, 4.69) is 25.9 Å². The largest absolute Gasteiger partial charge is 0.478 e. The van der Waals surface area contributed by atoms with Crippen LogP contribution in [-0.2, 0) is 6.42 Å². The molecule has 0 atom stereocenters. The Morgan fingerprint density at radius 1 is 1.45 bits per heavy atom. The first-order chi connectivity index (χ1) is 9.49. The van der Waals surface area contributed by atoms with E-state index in [0.29, 0.717) is 16.7 Å². The molecule has 20 heavy (non-hydrogen) atoms. The van der Waals surface area contributed by atoms with Crippen LogP contribution in [0.5, 0.6) is 11.6 Å². The molecule has 2 aromatic rings. The van der Waals surface area contributed by atoms with Crippen molar-refractivity contribution in [3.8, 4) is 11.6 Å². The van der Waals surface area contributed by atoms with Gasteiger partial charge in [0.15, 0.2) is 0 Å². The Balaban J connectivity index is 2.39. The highest BCUT2D eigenvalue weighted by Crippen LogP contribution is 2.29. The fraction of sp³-hybridized carbons (Fsp3) is 0.154. The maximum absolute atomic E-state index is 11.4. The first-order valence-electron chi connectivity index (χ1n) is 5.80. The fourth-order valence-electron chi connectivity index (χ4n) is 1.53. The van der Waals surface area contributed by atoms with E-state index >= 15 is 0 Å². The average molecular weight is 339 g/mol. The molecule has 104 valence electrons. The van der Waals surface area contributed by atoms with Crippen LogP contribution in [0.3, 0.4) is 0 Å². The van der Waals surface area contributed by atoms with E-state index in [9.17, 15) is 9.59 Å². The smallest absolute Gasteiger partial charge is 0.335 e. The van der Waals surface area contributed by atoms with Crippen LogP contribution in [0.2, 0.25) is 0 Å². The molecule has 0 bridgehead atoms. The number of H-pyrrole nitrogens is 1. The zero-order valence-electron chi connectivity index (χ0n) is 10.5. The van der Waals surface area contributed by atoms with Gasteiger partial charge in [-0.3, -0.25) is 4.79 Å². The van der Waals surface area contributed by atoms with E-state index in [1.54, 1.807) is 6.07 Å². The van der Waals surface area contributed by atoms with Gasteiger partial charge in [0.2, 0.25) is 5.88 Å². The van der Waals surface area contributed by atoms with Crippen molar-refractivity contribution in [2.75, 3.05) is 0 Å². The van der Waals surface area contributed by atoms with Crippen molar-refractivity contribution in [2.24, 2.45) is 0 Å². The number of benzene rings is 1. The molecule has 0 fully saturated rings. The Morgan fingerprint density at radius 3 is 2.85 bits per heavy atom. The van der Waals surface area contributed by atoms with Gasteiger partial charge in [-0.25, -0.2) is 4.79 Å². The van der Waals surface area contributed by atoms with Crippen molar-refractivity contribution in [3.63, 3.8) is 0 Å². The van der Waals surface area contributed by atoms with E-state index in [4.69, 9.17) is 9.84 Å². The number of carboxylic acids is 1. The number of hydrogen-bond acceptors (Lipinski definition) is 4. The monoisotopic (exact) mass is 338 g/mol. The Hall–Kier alpha value is -2.15. The third kappa shape index (κ3) is 3.24. The number of nitrogens with zero attached hydrogens (tertiary/aromatic N) is 1. The summed E-state index contributed by atoms with van der Waals surface area (Å²) in [5, 5.41) is 8.95. The van der Waals surface area contributed by atoms with Gasteiger partial charge in [-0.2, -0.15) is 4.98 Å². The number of ether oxygens (including phenoxy) is 1. The highest BCUT2D eigenvalue weighted by molar-refractivity contribution is 9.10. The molecule has 7 heteroatoms. The summed E-state index contributed by atoms with van der Waals surface area (Å²) in [7, 11) is 0. The number of aromatic amines is 1. The van der Waals surface area contributed by atoms with Crippen LogP contribution >= 0.6 is 15.9 Å². The number of halogens is 1. The highest BCUT2D eigenvalue weighted by Gasteiger charge is 2.10. The lowest BCUT2D eigenvalue weighted by Gasteiger charge is -2.08. The van der Waals surface area contributed by atoms with Gasteiger partial charge < -0.3 is 14.8 Å². The maximum atomic E-state index is 11.4. The number of aryl methyl sites for hydroxylation is 1. The fourth-order valence-corrected chi connectivity index (χ4v) is 1.86. The predicted octanol–water partition coefficient (Wildman–Crippen LogP) is 2.59. The van der Waals surface area contributed by atoms with Crippen LogP contribution in [-0.4, -0.2) is 21.0 Å². The minimum Gasteiger partial charge on any atom is -0.478 e. The Labute approximate surface area is 122 Å². The molecule has 0 saturated carbocycles. The molecular weight excluding hydrogens is 328 g/mol. The van der Waals surface area contributed by atoms with Crippen LogP contribution in [0.25, 0.3) is 0 Å². The van der Waals surface area contributed by atoms with Gasteiger partial charge in [-0.15, -0.1) is 0 Å². The lowest BCUT2D eigenvalue weighted by molar-refractivity contribution is 0.0696. The summed E-state index contributed by atoms with van der Waals surface area (Å²) in [6, 6.07) is 5.58. The molecule has 6 nitrogen and oxygen atoms in total. The van der Waals surface area contributed by atoms with E-state index in [1.807, 2.05) is 6.92 Å². The summed E-state index contributed by atoms with van der Waals surface area (Å²) < 4.78 is 6.05. The van der Waals surface area contributed by atoms with E-state index < -0.39 is 5.97 Å². The third-order valence-corrected chi connectivity index (χ3v) is 3.15. The molecule has 2 rings (SSSR count). The number of hydrogen-bond donors (Lipinski definition) is 2. The molecule has 0 aliphatic heterocycles. The lowest BCUT2D eigenvalue weighted by atomic mass is 10.2. The molecule has 0 radical (unpaired) electrons. The number of aromatic carboxylic acids is 1. The van der Waals surface area contributed by atoms with Gasteiger partial charge in [0.1, 0.15) is 11.6 Å². The summed E-state index contributed by atoms with van der Waals surface area (Å²) in [5.74, 6) is -0.160. The Kier molecular flexibility index (Phi) is 4.19. The standard InChI is InChI=1S/C13H11BrN2O4/c1-2-10-15-11(17)6-12(16-10)20-9-5-7(13(18)19)3-4-8(9)14/h3-6H,2H2,1H3,(H,18,19)(H,15,16,17). The van der Waals surface area contributed by atoms with Crippen LogP contribution < -0.4 is 10.3 Å². The summed E-state index contributed by atoms with van der Waals surface area (Å²) in [4.78, 5) is 29.1. The molecular formula is C13H11BrN2O4. The summed E-state index contributed by atoms with van der Waals surface area (Å²) in [6.45, 7) is 1.85. The highest BCUT2D eigenvalue weighted by atomic mass is 79.9. The zero-order valence-corrected chi connectivity index (χ0v) is 12.1. The van der Waals surface area contributed by atoms with Crippen molar-refractivity contribution in [1.82, 2.24) is 9.97 Å². The second kappa shape index (κ2) is 5.87. The minimum absolute atomic E-state index is 0.0868. The number of rotatable bonds is 4. The van der Waals surface area contributed by atoms with E-state index in [1.165, 1.54) is 18.2 Å². The van der Waals surface area contributed by atoms with E-state index in [-0.39, 0.29) is 22.8 Å². The predicted molar refractivity (Wildman–Crippen MR) is 75.4 cm³/mol. The lowest BCUT2D eigenvalue weighted by Crippen LogP contribution is -2.10. The number of aromatic nitrogens is 2. The molecule has 0 amide bonds. The molecule has 2 N–H and O–H groups in total. The summed E-state index contributed by atoms with van der Waals surface area (Å²) in [6.07, 6.45) is 0.558. The second-order valence-electron chi connectivity index (χ2n) is 3.94. The summed E-state index contributed by atoms with van der Waals surface area (Å²) >= 11 is 3.26. The number of nitrogens with one attached hydrogen (secondary N) is 1. The van der Waals surface area contributed by atoms with E-state index in [0.717, 1.165) is 0 Å². The normalized spacial score (nSPS) is 10.3. The first-order valence-corrected chi connectivity index (χ1v) is 6.60. The molecule has 1 heterocycles. The van der Waals surface area contributed by atoms with Gasteiger partial charge in [0.25, 0.3) is 5.56 Å². The molecule has 0 aliphatic carbocycles. The Bertz CT molecular complexity index is 712.